The summed E-state index contributed by atoms with van der Waals surface area (Å²) >= 11 is 0. The number of rotatable bonds is 2. The molecule has 1 aliphatic rings. The Labute approximate surface area is 97.7 Å². The van der Waals surface area contributed by atoms with Crippen molar-refractivity contribution >= 4 is 5.82 Å². The minimum absolute atomic E-state index is 0.293. The Hall–Kier alpha value is -1.09. The molecule has 88 valence electrons. The highest BCUT2D eigenvalue weighted by Crippen LogP contribution is 2.24. The summed E-state index contributed by atoms with van der Waals surface area (Å²) < 4.78 is 0. The number of pyridine rings is 1. The highest BCUT2D eigenvalue weighted by molar-refractivity contribution is 5.41. The lowest BCUT2D eigenvalue weighted by Crippen LogP contribution is -2.48. The van der Waals surface area contributed by atoms with Gasteiger partial charge in [-0.3, -0.25) is 0 Å². The molecule has 2 rings (SSSR count). The van der Waals surface area contributed by atoms with Crippen LogP contribution in [0.1, 0.15) is 31.2 Å². The predicted molar refractivity (Wildman–Crippen MR) is 67.6 cm³/mol. The van der Waals surface area contributed by atoms with Crippen LogP contribution in [0.5, 0.6) is 0 Å². The molecule has 16 heavy (non-hydrogen) atoms. The van der Waals surface area contributed by atoms with Gasteiger partial charge in [0.05, 0.1) is 0 Å². The number of nitrogens with zero attached hydrogens (tertiary/aromatic N) is 2. The molecular weight excluding hydrogens is 198 g/mol. The third-order valence-electron chi connectivity index (χ3n) is 3.54. The fraction of sp³-hybridized carbons (Fsp3) is 0.615. The predicted octanol–water partition coefficient (Wildman–Crippen LogP) is 2.10. The molecule has 1 aliphatic carbocycles. The van der Waals surface area contributed by atoms with E-state index in [1.165, 1.54) is 24.8 Å². The van der Waals surface area contributed by atoms with E-state index in [2.05, 4.69) is 29.9 Å². The van der Waals surface area contributed by atoms with Crippen molar-refractivity contribution < 1.29 is 0 Å². The molecule has 3 nitrogen and oxygen atoms in total. The van der Waals surface area contributed by atoms with Crippen molar-refractivity contribution in [3.05, 3.63) is 23.9 Å². The van der Waals surface area contributed by atoms with Crippen LogP contribution in [0, 0.1) is 6.92 Å². The van der Waals surface area contributed by atoms with Crippen molar-refractivity contribution in [3.8, 4) is 0 Å². The van der Waals surface area contributed by atoms with E-state index in [-0.39, 0.29) is 0 Å². The van der Waals surface area contributed by atoms with Crippen LogP contribution in [0.3, 0.4) is 0 Å². The molecule has 1 aromatic rings. The van der Waals surface area contributed by atoms with Crippen molar-refractivity contribution in [2.75, 3.05) is 11.9 Å². The van der Waals surface area contributed by atoms with Gasteiger partial charge in [0.15, 0.2) is 0 Å². The number of hydrogen-bond donors (Lipinski definition) is 1. The fourth-order valence-corrected chi connectivity index (χ4v) is 2.50. The molecule has 0 aliphatic heterocycles. The van der Waals surface area contributed by atoms with Crippen LogP contribution in [-0.2, 0) is 0 Å². The highest BCUT2D eigenvalue weighted by Gasteiger charge is 2.26. The number of aromatic nitrogens is 1. The molecule has 2 unspecified atom stereocenters. The van der Waals surface area contributed by atoms with Gasteiger partial charge in [-0.25, -0.2) is 4.98 Å². The van der Waals surface area contributed by atoms with Gasteiger partial charge < -0.3 is 10.6 Å². The van der Waals surface area contributed by atoms with E-state index in [4.69, 9.17) is 5.73 Å². The quantitative estimate of drug-likeness (QED) is 0.828. The summed E-state index contributed by atoms with van der Waals surface area (Å²) in [6, 6.07) is 4.89. The Morgan fingerprint density at radius 1 is 1.38 bits per heavy atom. The molecule has 3 heteroatoms. The van der Waals surface area contributed by atoms with E-state index in [0.29, 0.717) is 12.1 Å². The van der Waals surface area contributed by atoms with Gasteiger partial charge in [0.1, 0.15) is 5.82 Å². The second-order valence-electron chi connectivity index (χ2n) is 4.82. The van der Waals surface area contributed by atoms with E-state index < -0.39 is 0 Å². The van der Waals surface area contributed by atoms with Crippen molar-refractivity contribution in [1.82, 2.24) is 4.98 Å². The Kier molecular flexibility index (Phi) is 3.44. The summed E-state index contributed by atoms with van der Waals surface area (Å²) in [4.78, 5) is 6.67. The molecule has 0 spiro atoms. The lowest BCUT2D eigenvalue weighted by atomic mass is 9.90. The van der Waals surface area contributed by atoms with Gasteiger partial charge >= 0.3 is 0 Å². The minimum Gasteiger partial charge on any atom is -0.355 e. The maximum Gasteiger partial charge on any atom is 0.128 e. The molecule has 0 bridgehead atoms. The zero-order valence-corrected chi connectivity index (χ0v) is 10.2. The molecule has 2 N–H and O–H groups in total. The first-order valence-electron chi connectivity index (χ1n) is 6.09. The maximum atomic E-state index is 6.19. The first kappa shape index (κ1) is 11.4. The lowest BCUT2D eigenvalue weighted by Gasteiger charge is -2.36. The van der Waals surface area contributed by atoms with Gasteiger partial charge in [-0.1, -0.05) is 12.8 Å². The monoisotopic (exact) mass is 219 g/mol. The van der Waals surface area contributed by atoms with Crippen LogP contribution < -0.4 is 10.6 Å². The molecule has 1 aromatic heterocycles. The van der Waals surface area contributed by atoms with Gasteiger partial charge in [-0.05, 0) is 37.5 Å². The first-order chi connectivity index (χ1) is 7.68. The Bertz CT molecular complexity index is 351. The average Bonchev–Trinajstić information content (AvgIpc) is 2.29. The van der Waals surface area contributed by atoms with Gasteiger partial charge in [-0.2, -0.15) is 0 Å². The van der Waals surface area contributed by atoms with Crippen LogP contribution in [0.2, 0.25) is 0 Å². The molecule has 0 amide bonds. The molecule has 1 fully saturated rings. The second kappa shape index (κ2) is 4.83. The number of aryl methyl sites for hydroxylation is 1. The van der Waals surface area contributed by atoms with Crippen molar-refractivity contribution in [3.63, 3.8) is 0 Å². The van der Waals surface area contributed by atoms with Crippen molar-refractivity contribution in [2.45, 2.75) is 44.7 Å². The summed E-state index contributed by atoms with van der Waals surface area (Å²) in [5, 5.41) is 0. The SMILES string of the molecule is Cc1ccnc(N(C)C2CCCCC2N)c1. The highest BCUT2D eigenvalue weighted by atomic mass is 15.2. The lowest BCUT2D eigenvalue weighted by molar-refractivity contribution is 0.372. The van der Waals surface area contributed by atoms with Crippen LogP contribution >= 0.6 is 0 Å². The fourth-order valence-electron chi connectivity index (χ4n) is 2.50. The molecule has 1 heterocycles. The molecule has 1 saturated carbocycles. The van der Waals surface area contributed by atoms with Crippen LogP contribution in [-0.4, -0.2) is 24.1 Å². The topological polar surface area (TPSA) is 42.2 Å². The minimum atomic E-state index is 0.293. The van der Waals surface area contributed by atoms with E-state index in [1.807, 2.05) is 12.3 Å². The largest absolute Gasteiger partial charge is 0.355 e. The second-order valence-corrected chi connectivity index (χ2v) is 4.82. The standard InChI is InChI=1S/C13H21N3/c1-10-7-8-15-13(9-10)16(2)12-6-4-3-5-11(12)14/h7-9,11-12H,3-6,14H2,1-2H3. The van der Waals surface area contributed by atoms with E-state index in [1.54, 1.807) is 0 Å². The average molecular weight is 219 g/mol. The van der Waals surface area contributed by atoms with E-state index >= 15 is 0 Å². The summed E-state index contributed by atoms with van der Waals surface area (Å²) in [6.45, 7) is 2.10. The summed E-state index contributed by atoms with van der Waals surface area (Å²) in [6.07, 6.45) is 6.75. The van der Waals surface area contributed by atoms with E-state index in [9.17, 15) is 0 Å². The third kappa shape index (κ3) is 2.35. The molecule has 0 aromatic carbocycles. The van der Waals surface area contributed by atoms with Crippen molar-refractivity contribution in [1.29, 1.82) is 0 Å². The Morgan fingerprint density at radius 2 is 2.12 bits per heavy atom. The number of nitrogens with two attached hydrogens (primary N) is 1. The van der Waals surface area contributed by atoms with Gasteiger partial charge in [0, 0.05) is 25.3 Å². The zero-order valence-electron chi connectivity index (χ0n) is 10.2. The van der Waals surface area contributed by atoms with Crippen molar-refractivity contribution in [2.24, 2.45) is 5.73 Å². The molecule has 2 atom stereocenters. The van der Waals surface area contributed by atoms with Gasteiger partial charge in [0.25, 0.3) is 0 Å². The number of hydrogen-bond acceptors (Lipinski definition) is 3. The first-order valence-corrected chi connectivity index (χ1v) is 6.09. The zero-order chi connectivity index (χ0) is 11.5. The smallest absolute Gasteiger partial charge is 0.128 e. The van der Waals surface area contributed by atoms with E-state index in [0.717, 1.165) is 12.2 Å². The van der Waals surface area contributed by atoms with Crippen LogP contribution in [0.15, 0.2) is 18.3 Å². The Balaban J connectivity index is 2.14. The van der Waals surface area contributed by atoms with Gasteiger partial charge in [-0.15, -0.1) is 0 Å². The maximum absolute atomic E-state index is 6.19. The Morgan fingerprint density at radius 3 is 2.81 bits per heavy atom. The number of anilines is 1. The molecule has 0 radical (unpaired) electrons. The molecule has 0 saturated heterocycles. The van der Waals surface area contributed by atoms with Crippen LogP contribution in [0.25, 0.3) is 0 Å². The molecular formula is C13H21N3. The third-order valence-corrected chi connectivity index (χ3v) is 3.54. The normalized spacial score (nSPS) is 25.4. The summed E-state index contributed by atoms with van der Waals surface area (Å²) in [7, 11) is 2.11. The van der Waals surface area contributed by atoms with Crippen LogP contribution in [0.4, 0.5) is 5.82 Å². The number of likely N-dealkylation sites (N-methyl/N-ethyl adjacent to an activating group) is 1. The van der Waals surface area contributed by atoms with Gasteiger partial charge in [0.2, 0.25) is 0 Å². The summed E-state index contributed by atoms with van der Waals surface area (Å²) in [5.74, 6) is 1.04. The summed E-state index contributed by atoms with van der Waals surface area (Å²) in [5.41, 5.74) is 7.44.